The van der Waals surface area contributed by atoms with Gasteiger partial charge in [0.15, 0.2) is 5.17 Å². The van der Waals surface area contributed by atoms with Crippen molar-refractivity contribution in [3.05, 3.63) is 69.8 Å². The van der Waals surface area contributed by atoms with E-state index >= 15 is 0 Å². The first-order chi connectivity index (χ1) is 17.6. The van der Waals surface area contributed by atoms with Crippen LogP contribution >= 0.6 is 11.8 Å². The van der Waals surface area contributed by atoms with Crippen LogP contribution in [0.4, 0.5) is 26.3 Å². The van der Waals surface area contributed by atoms with Crippen LogP contribution in [0.5, 0.6) is 0 Å². The number of sulfonamides is 1. The average Bonchev–Trinajstić information content (AvgIpc) is 3.34. The zero-order valence-corrected chi connectivity index (χ0v) is 20.6. The summed E-state index contributed by atoms with van der Waals surface area (Å²) in [6.07, 6.45) is -7.00. The number of fused-ring (bicyclic) bond motifs is 1. The van der Waals surface area contributed by atoms with E-state index in [4.69, 9.17) is 5.14 Å². The van der Waals surface area contributed by atoms with Gasteiger partial charge in [0, 0.05) is 5.39 Å². The van der Waals surface area contributed by atoms with Crippen LogP contribution in [0.2, 0.25) is 0 Å². The summed E-state index contributed by atoms with van der Waals surface area (Å²) in [4.78, 5) is 16.5. The van der Waals surface area contributed by atoms with Gasteiger partial charge in [-0.05, 0) is 53.2 Å². The van der Waals surface area contributed by atoms with Gasteiger partial charge < -0.3 is 5.32 Å². The summed E-state index contributed by atoms with van der Waals surface area (Å²) in [7, 11) is -3.70. The van der Waals surface area contributed by atoms with E-state index in [2.05, 4.69) is 15.4 Å². The summed E-state index contributed by atoms with van der Waals surface area (Å²) in [5.41, 5.74) is -2.19. The van der Waals surface area contributed by atoms with Crippen LogP contribution in [-0.2, 0) is 33.7 Å². The maximum Gasteiger partial charge on any atom is 0.416 e. The van der Waals surface area contributed by atoms with E-state index in [9.17, 15) is 39.6 Å². The Morgan fingerprint density at radius 2 is 1.82 bits per heavy atom. The van der Waals surface area contributed by atoms with Crippen molar-refractivity contribution in [2.24, 2.45) is 10.1 Å². The number of halogens is 6. The van der Waals surface area contributed by atoms with Gasteiger partial charge >= 0.3 is 12.4 Å². The summed E-state index contributed by atoms with van der Waals surface area (Å²) in [6, 6.07) is 6.25. The van der Waals surface area contributed by atoms with Crippen molar-refractivity contribution in [3.8, 4) is 0 Å². The second kappa shape index (κ2) is 10.1. The van der Waals surface area contributed by atoms with Gasteiger partial charge in [-0.25, -0.2) is 13.6 Å². The van der Waals surface area contributed by atoms with Crippen molar-refractivity contribution in [3.63, 3.8) is 0 Å². The molecule has 2 heterocycles. The largest absolute Gasteiger partial charge is 0.416 e. The molecule has 202 valence electrons. The molecule has 1 aromatic heterocycles. The number of primary sulfonamides is 1. The van der Waals surface area contributed by atoms with Crippen molar-refractivity contribution in [2.75, 3.05) is 12.3 Å². The van der Waals surface area contributed by atoms with E-state index in [0.717, 1.165) is 17.8 Å². The molecule has 0 aliphatic carbocycles. The van der Waals surface area contributed by atoms with Crippen molar-refractivity contribution in [1.82, 2.24) is 15.1 Å². The highest BCUT2D eigenvalue weighted by atomic mass is 32.2. The lowest BCUT2D eigenvalue weighted by Crippen LogP contribution is -2.22. The second-order valence-electron chi connectivity index (χ2n) is 8.11. The topological polar surface area (TPSA) is 119 Å². The lowest BCUT2D eigenvalue weighted by atomic mass is 10.0. The van der Waals surface area contributed by atoms with Gasteiger partial charge in [0.1, 0.15) is 0 Å². The monoisotopic (exact) mass is 577 g/mol. The Balaban J connectivity index is 1.57. The van der Waals surface area contributed by atoms with Gasteiger partial charge in [-0.1, -0.05) is 12.1 Å². The molecule has 1 aliphatic heterocycles. The van der Waals surface area contributed by atoms with Crippen LogP contribution in [0.15, 0.2) is 52.5 Å². The van der Waals surface area contributed by atoms with Crippen molar-refractivity contribution < 1.29 is 39.6 Å². The first kappa shape index (κ1) is 27.7. The fourth-order valence-corrected chi connectivity index (χ4v) is 4.76. The first-order valence-corrected chi connectivity index (χ1v) is 13.1. The van der Waals surface area contributed by atoms with E-state index in [1.54, 1.807) is 18.2 Å². The number of amides is 1. The molecule has 38 heavy (non-hydrogen) atoms. The van der Waals surface area contributed by atoms with Crippen molar-refractivity contribution >= 4 is 49.8 Å². The molecular weight excluding hydrogens is 560 g/mol. The molecular formula is C22H17F6N5O3S2. The molecule has 1 fully saturated rings. The minimum absolute atomic E-state index is 0.0855. The molecule has 3 aromatic rings. The normalized spacial score (nSPS) is 17.1. The second-order valence-corrected chi connectivity index (χ2v) is 10.9. The first-order valence-electron chi connectivity index (χ1n) is 10.6. The van der Waals surface area contributed by atoms with Gasteiger partial charge in [0.2, 0.25) is 10.0 Å². The number of aliphatic imine (C=N–C) groups is 1. The molecule has 16 heteroatoms. The Hall–Kier alpha value is -3.37. The van der Waals surface area contributed by atoms with Crippen molar-refractivity contribution in [2.45, 2.75) is 18.9 Å². The number of aromatic nitrogens is 2. The van der Waals surface area contributed by atoms with Crippen LogP contribution in [0.3, 0.4) is 0 Å². The number of rotatable bonds is 6. The maximum absolute atomic E-state index is 13.5. The van der Waals surface area contributed by atoms with E-state index in [0.29, 0.717) is 22.5 Å². The van der Waals surface area contributed by atoms with E-state index < -0.39 is 46.0 Å². The summed E-state index contributed by atoms with van der Waals surface area (Å²) < 4.78 is 103. The fourth-order valence-electron chi connectivity index (χ4n) is 3.56. The minimum atomic E-state index is -5.00. The maximum atomic E-state index is 13.5. The molecule has 0 radical (unpaired) electrons. The Morgan fingerprint density at radius 3 is 2.47 bits per heavy atom. The number of carbonyl (C=O) groups excluding carboxylic acids is 1. The highest BCUT2D eigenvalue weighted by Gasteiger charge is 2.38. The van der Waals surface area contributed by atoms with Gasteiger partial charge in [0.25, 0.3) is 5.91 Å². The molecule has 2 aromatic carbocycles. The Labute approximate surface area is 215 Å². The third kappa shape index (κ3) is 6.54. The van der Waals surface area contributed by atoms with Crippen LogP contribution in [0, 0.1) is 0 Å². The average molecular weight is 578 g/mol. The van der Waals surface area contributed by atoms with Gasteiger partial charge in [0.05, 0.1) is 46.6 Å². The zero-order valence-electron chi connectivity index (χ0n) is 19.0. The Bertz CT molecular complexity index is 1580. The number of thioether (sulfide) groups is 1. The number of amidine groups is 1. The number of carbonyl (C=O) groups is 1. The highest BCUT2D eigenvalue weighted by molar-refractivity contribution is 8.18. The quantitative estimate of drug-likeness (QED) is 0.340. The van der Waals surface area contributed by atoms with E-state index in [1.807, 2.05) is 0 Å². The van der Waals surface area contributed by atoms with Crippen LogP contribution < -0.4 is 10.5 Å². The Morgan fingerprint density at radius 1 is 1.08 bits per heavy atom. The number of benzene rings is 2. The van der Waals surface area contributed by atoms with Crippen LogP contribution in [-0.4, -0.2) is 41.6 Å². The molecule has 0 atom stereocenters. The summed E-state index contributed by atoms with van der Waals surface area (Å²) >= 11 is 0.991. The number of nitrogens with one attached hydrogen (secondary N) is 1. The standard InChI is InChI=1S/C22H17F6N5O3S2/c23-21(24,25)15-3-2-13(16(9-15)22(26,27)28)11-33-17-4-1-12(7-14(17)10-31-33)8-18-19(34)32-20(37-18)30-5-6-38(29,35)36/h1-4,7-10H,5-6,11H2,(H2,29,35,36)(H,30,32,34). The molecule has 1 amide bonds. The van der Waals surface area contributed by atoms with Gasteiger partial charge in [-0.15, -0.1) is 0 Å². The highest BCUT2D eigenvalue weighted by Crippen LogP contribution is 2.38. The van der Waals surface area contributed by atoms with Gasteiger partial charge in [-0.3, -0.25) is 14.5 Å². The predicted molar refractivity (Wildman–Crippen MR) is 129 cm³/mol. The molecule has 0 bridgehead atoms. The lowest BCUT2D eigenvalue weighted by Gasteiger charge is -2.16. The molecule has 1 saturated heterocycles. The number of hydrogen-bond donors (Lipinski definition) is 2. The van der Waals surface area contributed by atoms with Crippen LogP contribution in [0.1, 0.15) is 22.3 Å². The summed E-state index contributed by atoms with van der Waals surface area (Å²) in [5.74, 6) is -0.842. The number of nitrogens with zero attached hydrogens (tertiary/aromatic N) is 3. The zero-order chi connectivity index (χ0) is 27.9. The fraction of sp³-hybridized carbons (Fsp3) is 0.227. The molecule has 1 aliphatic rings. The Kier molecular flexibility index (Phi) is 7.33. The minimum Gasteiger partial charge on any atom is -0.301 e. The van der Waals surface area contributed by atoms with Crippen molar-refractivity contribution in [1.29, 1.82) is 0 Å². The van der Waals surface area contributed by atoms with Gasteiger partial charge in [-0.2, -0.15) is 31.4 Å². The smallest absolute Gasteiger partial charge is 0.301 e. The number of hydrogen-bond acceptors (Lipinski definition) is 6. The lowest BCUT2D eigenvalue weighted by molar-refractivity contribution is -0.143. The molecule has 0 spiro atoms. The van der Waals surface area contributed by atoms with Crippen LogP contribution in [0.25, 0.3) is 17.0 Å². The SMILES string of the molecule is NS(=O)(=O)CCN=C1NC(=O)C(=Cc2ccc3c(cnn3Cc3ccc(C(F)(F)F)cc3C(F)(F)F)c2)S1. The molecule has 3 N–H and O–H groups in total. The summed E-state index contributed by atoms with van der Waals surface area (Å²) in [6.45, 7) is -0.553. The van der Waals surface area contributed by atoms with E-state index in [-0.39, 0.29) is 34.0 Å². The molecule has 0 saturated carbocycles. The molecule has 4 rings (SSSR count). The third-order valence-corrected chi connectivity index (χ3v) is 7.01. The number of nitrogens with two attached hydrogens (primary N) is 1. The third-order valence-electron chi connectivity index (χ3n) is 5.31. The summed E-state index contributed by atoms with van der Waals surface area (Å²) in [5, 5.41) is 12.2. The van der Waals surface area contributed by atoms with E-state index in [1.165, 1.54) is 17.0 Å². The molecule has 0 unspecified atom stereocenters. The molecule has 8 nitrogen and oxygen atoms in total. The predicted octanol–water partition coefficient (Wildman–Crippen LogP) is 3.97. The number of alkyl halides is 6.